The fourth-order valence-electron chi connectivity index (χ4n) is 2.67. The van der Waals surface area contributed by atoms with Gasteiger partial charge in [-0.1, -0.05) is 17.7 Å². The Morgan fingerprint density at radius 1 is 1.16 bits per heavy atom. The summed E-state index contributed by atoms with van der Waals surface area (Å²) in [4.78, 5) is 12.2. The van der Waals surface area contributed by atoms with Gasteiger partial charge in [0.25, 0.3) is 15.8 Å². The summed E-state index contributed by atoms with van der Waals surface area (Å²) < 4.78 is 32.4. The zero-order valence-electron chi connectivity index (χ0n) is 14.0. The number of benzene rings is 2. The highest BCUT2D eigenvalue weighted by Crippen LogP contribution is 2.22. The fourth-order valence-corrected chi connectivity index (χ4v) is 3.40. The molecule has 0 aliphatic rings. The molecule has 0 amide bonds. The van der Waals surface area contributed by atoms with Crippen molar-refractivity contribution < 1.29 is 17.9 Å². The highest BCUT2D eigenvalue weighted by Gasteiger charge is 2.16. The van der Waals surface area contributed by atoms with Gasteiger partial charge in [0.1, 0.15) is 0 Å². The van der Waals surface area contributed by atoms with Gasteiger partial charge in [0.2, 0.25) is 0 Å². The number of hydrogen-bond acceptors (Lipinski definition) is 5. The molecule has 2 rings (SSSR count). The molecule has 0 spiro atoms. The number of rotatable bonds is 7. The van der Waals surface area contributed by atoms with Crippen molar-refractivity contribution in [2.75, 3.05) is 18.0 Å². The number of likely N-dealkylation sites (N-methyl/N-ethyl adjacent to an activating group) is 1. The molecule has 134 valence electrons. The minimum atomic E-state index is -4.28. The molecule has 25 heavy (non-hydrogen) atoms. The van der Waals surface area contributed by atoms with Crippen LogP contribution in [-0.2, 0) is 16.5 Å². The van der Waals surface area contributed by atoms with Crippen molar-refractivity contribution in [1.29, 1.82) is 0 Å². The number of non-ortho nitro benzene ring substituents is 1. The van der Waals surface area contributed by atoms with E-state index in [9.17, 15) is 23.1 Å². The maximum absolute atomic E-state index is 11.5. The van der Waals surface area contributed by atoms with E-state index in [2.05, 4.69) is 0 Å². The van der Waals surface area contributed by atoms with Gasteiger partial charge in [-0.25, -0.2) is 0 Å². The summed E-state index contributed by atoms with van der Waals surface area (Å²) in [5.41, 5.74) is 2.28. The molecule has 0 atom stereocenters. The van der Waals surface area contributed by atoms with Crippen LogP contribution in [-0.4, -0.2) is 31.0 Å². The Balaban J connectivity index is 2.21. The summed E-state index contributed by atoms with van der Waals surface area (Å²) >= 11 is 0. The highest BCUT2D eigenvalue weighted by molar-refractivity contribution is 7.85. The third-order valence-electron chi connectivity index (χ3n) is 3.95. The Labute approximate surface area is 146 Å². The molecule has 0 unspecified atom stereocenters. The molecule has 0 aliphatic heterocycles. The van der Waals surface area contributed by atoms with E-state index in [0.717, 1.165) is 11.3 Å². The van der Waals surface area contributed by atoms with Crippen molar-refractivity contribution >= 4 is 21.5 Å². The molecular formula is C17H20N2O5S. The molecule has 0 saturated carbocycles. The van der Waals surface area contributed by atoms with Crippen molar-refractivity contribution in [2.24, 2.45) is 0 Å². The lowest BCUT2D eigenvalue weighted by molar-refractivity contribution is -0.384. The first-order valence-electron chi connectivity index (χ1n) is 7.78. The Morgan fingerprint density at radius 2 is 1.80 bits per heavy atom. The van der Waals surface area contributed by atoms with E-state index < -0.39 is 15.0 Å². The van der Waals surface area contributed by atoms with Crippen LogP contribution < -0.4 is 4.90 Å². The largest absolute Gasteiger partial charge is 0.371 e. The summed E-state index contributed by atoms with van der Waals surface area (Å²) in [6.07, 6.45) is 0.418. The van der Waals surface area contributed by atoms with Gasteiger partial charge in [-0.05, 0) is 44.0 Å². The first-order valence-corrected chi connectivity index (χ1v) is 9.22. The smallest absolute Gasteiger partial charge is 0.294 e. The summed E-state index contributed by atoms with van der Waals surface area (Å²) in [5, 5.41) is 10.7. The third-order valence-corrected chi connectivity index (χ3v) is 4.91. The minimum Gasteiger partial charge on any atom is -0.371 e. The molecule has 0 saturated heterocycles. The number of hydrogen-bond donors (Lipinski definition) is 1. The molecule has 0 bridgehead atoms. The van der Waals surface area contributed by atoms with E-state index in [-0.39, 0.29) is 10.6 Å². The van der Waals surface area contributed by atoms with Gasteiger partial charge in [0.15, 0.2) is 0 Å². The van der Waals surface area contributed by atoms with Gasteiger partial charge in [0.05, 0.1) is 9.82 Å². The first-order chi connectivity index (χ1) is 11.7. The van der Waals surface area contributed by atoms with Crippen LogP contribution in [0.1, 0.15) is 18.1 Å². The molecule has 0 heterocycles. The lowest BCUT2D eigenvalue weighted by Gasteiger charge is -2.23. The van der Waals surface area contributed by atoms with Crippen LogP contribution in [0.3, 0.4) is 0 Å². The topological polar surface area (TPSA) is 101 Å². The second kappa shape index (κ2) is 7.62. The predicted octanol–water partition coefficient (Wildman–Crippen LogP) is 3.22. The summed E-state index contributed by atoms with van der Waals surface area (Å²) in [7, 11) is -4.28. The van der Waals surface area contributed by atoms with Crippen LogP contribution in [0.15, 0.2) is 47.4 Å². The fraction of sp³-hybridized carbons (Fsp3) is 0.294. The van der Waals surface area contributed by atoms with Gasteiger partial charge in [0, 0.05) is 30.9 Å². The standard InChI is InChI=1S/C17H20N2O5S/c1-3-18(15-5-7-16(8-6-15)19(20)21)11-10-14-12-13(2)4-9-17(14)25(22,23)24/h4-9,12H,3,10-11H2,1-2H3,(H,22,23,24). The Morgan fingerprint density at radius 3 is 2.32 bits per heavy atom. The molecule has 0 fully saturated rings. The zero-order valence-corrected chi connectivity index (χ0v) is 14.9. The molecule has 0 aliphatic carbocycles. The van der Waals surface area contributed by atoms with E-state index in [0.29, 0.717) is 25.1 Å². The summed E-state index contributed by atoms with van der Waals surface area (Å²) in [6, 6.07) is 11.0. The van der Waals surface area contributed by atoms with E-state index >= 15 is 0 Å². The van der Waals surface area contributed by atoms with Crippen molar-refractivity contribution in [3.8, 4) is 0 Å². The summed E-state index contributed by atoms with van der Waals surface area (Å²) in [6.45, 7) is 4.97. The van der Waals surface area contributed by atoms with Gasteiger partial charge in [-0.15, -0.1) is 0 Å². The molecule has 1 N–H and O–H groups in total. The molecule has 7 nitrogen and oxygen atoms in total. The average molecular weight is 364 g/mol. The predicted molar refractivity (Wildman–Crippen MR) is 95.7 cm³/mol. The van der Waals surface area contributed by atoms with E-state index in [1.54, 1.807) is 24.3 Å². The Hall–Kier alpha value is -2.45. The van der Waals surface area contributed by atoms with Gasteiger partial charge >= 0.3 is 0 Å². The second-order valence-electron chi connectivity index (χ2n) is 5.69. The normalized spacial score (nSPS) is 11.3. The first kappa shape index (κ1) is 18.9. The molecule has 2 aromatic carbocycles. The second-order valence-corrected chi connectivity index (χ2v) is 7.08. The minimum absolute atomic E-state index is 0.0205. The van der Waals surface area contributed by atoms with Crippen LogP contribution in [0.5, 0.6) is 0 Å². The molecule has 0 aromatic heterocycles. The van der Waals surface area contributed by atoms with Crippen LogP contribution >= 0.6 is 0 Å². The van der Waals surface area contributed by atoms with Crippen LogP contribution in [0.2, 0.25) is 0 Å². The number of nitro benzene ring substituents is 1. The van der Waals surface area contributed by atoms with Gasteiger partial charge < -0.3 is 4.90 Å². The number of aryl methyl sites for hydroxylation is 1. The van der Waals surface area contributed by atoms with E-state index in [1.807, 2.05) is 18.7 Å². The van der Waals surface area contributed by atoms with Gasteiger partial charge in [-0.2, -0.15) is 8.42 Å². The number of anilines is 1. The average Bonchev–Trinajstić information content (AvgIpc) is 2.54. The van der Waals surface area contributed by atoms with Crippen molar-refractivity contribution in [3.63, 3.8) is 0 Å². The number of nitro groups is 1. The SMILES string of the molecule is CCN(CCc1cc(C)ccc1S(=O)(=O)O)c1ccc([N+](=O)[O-])cc1. The van der Waals surface area contributed by atoms with E-state index in [1.165, 1.54) is 18.2 Å². The summed E-state index contributed by atoms with van der Waals surface area (Å²) in [5.74, 6) is 0. The maximum Gasteiger partial charge on any atom is 0.294 e. The van der Waals surface area contributed by atoms with Crippen LogP contribution in [0, 0.1) is 17.0 Å². The third kappa shape index (κ3) is 4.77. The lowest BCUT2D eigenvalue weighted by Crippen LogP contribution is -2.25. The number of nitrogens with zero attached hydrogens (tertiary/aromatic N) is 2. The highest BCUT2D eigenvalue weighted by atomic mass is 32.2. The zero-order chi connectivity index (χ0) is 18.6. The van der Waals surface area contributed by atoms with Crippen molar-refractivity contribution in [2.45, 2.75) is 25.2 Å². The Kier molecular flexibility index (Phi) is 5.76. The van der Waals surface area contributed by atoms with Crippen LogP contribution in [0.25, 0.3) is 0 Å². The Bertz CT molecular complexity index is 863. The maximum atomic E-state index is 11.5. The lowest BCUT2D eigenvalue weighted by atomic mass is 10.1. The van der Waals surface area contributed by atoms with Crippen molar-refractivity contribution in [3.05, 3.63) is 63.7 Å². The quantitative estimate of drug-likeness (QED) is 0.460. The molecular weight excluding hydrogens is 344 g/mol. The van der Waals surface area contributed by atoms with Crippen molar-refractivity contribution in [1.82, 2.24) is 0 Å². The van der Waals surface area contributed by atoms with Crippen LogP contribution in [0.4, 0.5) is 11.4 Å². The molecule has 0 radical (unpaired) electrons. The van der Waals surface area contributed by atoms with Gasteiger partial charge in [-0.3, -0.25) is 14.7 Å². The molecule has 8 heteroatoms. The molecule has 2 aromatic rings. The van der Waals surface area contributed by atoms with E-state index in [4.69, 9.17) is 0 Å². The monoisotopic (exact) mass is 364 g/mol.